The van der Waals surface area contributed by atoms with Gasteiger partial charge in [0, 0.05) is 30.5 Å². The molecule has 1 aliphatic carbocycles. The molecule has 152 valence electrons. The number of hydrogen-bond acceptors (Lipinski definition) is 2. The third-order valence-electron chi connectivity index (χ3n) is 6.00. The van der Waals surface area contributed by atoms with Crippen LogP contribution in [0.1, 0.15) is 63.6 Å². The molecular weight excluding hydrogens is 346 g/mol. The van der Waals surface area contributed by atoms with Crippen molar-refractivity contribution in [2.45, 2.75) is 77.5 Å². The quantitative estimate of drug-likeness (QED) is 0.690. The molecule has 1 aliphatic rings. The SMILES string of the molecule is CCC(C)NCC(=O)N(Cc1cccn1Cc1ccccc1)C1CCCCC1. The van der Waals surface area contributed by atoms with Crippen LogP contribution in [0.5, 0.6) is 0 Å². The second-order valence-corrected chi connectivity index (χ2v) is 8.12. The fraction of sp³-hybridized carbons (Fsp3) is 0.542. The summed E-state index contributed by atoms with van der Waals surface area (Å²) >= 11 is 0. The minimum atomic E-state index is 0.236. The third-order valence-corrected chi connectivity index (χ3v) is 6.00. The van der Waals surface area contributed by atoms with Crippen LogP contribution in [-0.2, 0) is 17.9 Å². The maximum Gasteiger partial charge on any atom is 0.237 e. The van der Waals surface area contributed by atoms with Crippen molar-refractivity contribution in [1.82, 2.24) is 14.8 Å². The van der Waals surface area contributed by atoms with Gasteiger partial charge in [0.15, 0.2) is 0 Å². The van der Waals surface area contributed by atoms with E-state index in [-0.39, 0.29) is 5.91 Å². The van der Waals surface area contributed by atoms with Gasteiger partial charge >= 0.3 is 0 Å². The lowest BCUT2D eigenvalue weighted by atomic mass is 9.94. The Kier molecular flexibility index (Phi) is 7.72. The predicted molar refractivity (Wildman–Crippen MR) is 115 cm³/mol. The summed E-state index contributed by atoms with van der Waals surface area (Å²) in [6.45, 7) is 6.28. The van der Waals surface area contributed by atoms with E-state index in [1.807, 2.05) is 6.07 Å². The summed E-state index contributed by atoms with van der Waals surface area (Å²) in [6.07, 6.45) is 9.20. The molecule has 0 spiro atoms. The van der Waals surface area contributed by atoms with Crippen molar-refractivity contribution >= 4 is 5.91 Å². The van der Waals surface area contributed by atoms with Crippen molar-refractivity contribution in [2.75, 3.05) is 6.54 Å². The van der Waals surface area contributed by atoms with Gasteiger partial charge in [-0.15, -0.1) is 0 Å². The normalized spacial score (nSPS) is 16.1. The predicted octanol–water partition coefficient (Wildman–Crippen LogP) is 4.59. The minimum absolute atomic E-state index is 0.236. The van der Waals surface area contributed by atoms with E-state index in [2.05, 4.69) is 71.2 Å². The maximum atomic E-state index is 13.1. The Balaban J connectivity index is 1.72. The lowest BCUT2D eigenvalue weighted by molar-refractivity contribution is -0.134. The largest absolute Gasteiger partial charge is 0.345 e. The molecule has 1 heterocycles. The molecule has 1 atom stereocenters. The molecule has 1 N–H and O–H groups in total. The first-order valence-electron chi connectivity index (χ1n) is 10.9. The fourth-order valence-electron chi connectivity index (χ4n) is 4.02. The van der Waals surface area contributed by atoms with Gasteiger partial charge in [-0.05, 0) is 43.9 Å². The van der Waals surface area contributed by atoms with E-state index in [1.54, 1.807) is 0 Å². The summed E-state index contributed by atoms with van der Waals surface area (Å²) in [5.41, 5.74) is 2.50. The van der Waals surface area contributed by atoms with E-state index in [0.717, 1.165) is 25.8 Å². The number of aromatic nitrogens is 1. The van der Waals surface area contributed by atoms with Gasteiger partial charge in [-0.2, -0.15) is 0 Å². The number of carbonyl (C=O) groups is 1. The van der Waals surface area contributed by atoms with Gasteiger partial charge in [0.2, 0.25) is 5.91 Å². The first-order valence-corrected chi connectivity index (χ1v) is 10.9. The third kappa shape index (κ3) is 5.71. The van der Waals surface area contributed by atoms with E-state index in [0.29, 0.717) is 25.2 Å². The summed E-state index contributed by atoms with van der Waals surface area (Å²) < 4.78 is 2.28. The molecule has 1 amide bonds. The Morgan fingerprint density at radius 3 is 2.61 bits per heavy atom. The number of amides is 1. The summed E-state index contributed by atoms with van der Waals surface area (Å²) in [6, 6.07) is 15.5. The first kappa shape index (κ1) is 20.7. The Morgan fingerprint density at radius 2 is 1.89 bits per heavy atom. The number of carbonyl (C=O) groups excluding carboxylic acids is 1. The zero-order valence-electron chi connectivity index (χ0n) is 17.4. The molecule has 4 nitrogen and oxygen atoms in total. The van der Waals surface area contributed by atoms with Crippen molar-refractivity contribution in [3.8, 4) is 0 Å². The number of rotatable bonds is 9. The standard InChI is InChI=1S/C24H35N3O/c1-3-20(2)25-17-24(28)27(22-13-8-5-9-14-22)19-23-15-10-16-26(23)18-21-11-6-4-7-12-21/h4,6-7,10-12,15-16,20,22,25H,3,5,8-9,13-14,17-19H2,1-2H3. The molecule has 1 aromatic heterocycles. The van der Waals surface area contributed by atoms with Gasteiger partial charge in [0.25, 0.3) is 0 Å². The van der Waals surface area contributed by atoms with Crippen LogP contribution in [-0.4, -0.2) is 34.0 Å². The topological polar surface area (TPSA) is 37.3 Å². The zero-order chi connectivity index (χ0) is 19.8. The van der Waals surface area contributed by atoms with Crippen LogP contribution in [0.25, 0.3) is 0 Å². The van der Waals surface area contributed by atoms with E-state index < -0.39 is 0 Å². The van der Waals surface area contributed by atoms with Crippen molar-refractivity contribution in [1.29, 1.82) is 0 Å². The van der Waals surface area contributed by atoms with Gasteiger partial charge in [-0.25, -0.2) is 0 Å². The minimum Gasteiger partial charge on any atom is -0.345 e. The molecule has 0 radical (unpaired) electrons. The summed E-state index contributed by atoms with van der Waals surface area (Å²) in [5, 5.41) is 3.39. The molecule has 1 aromatic carbocycles. The van der Waals surface area contributed by atoms with Crippen molar-refractivity contribution < 1.29 is 4.79 Å². The van der Waals surface area contributed by atoms with Crippen molar-refractivity contribution in [3.05, 3.63) is 59.9 Å². The van der Waals surface area contributed by atoms with Crippen LogP contribution >= 0.6 is 0 Å². The Bertz CT molecular complexity index is 718. The molecular formula is C24H35N3O. The summed E-state index contributed by atoms with van der Waals surface area (Å²) in [5.74, 6) is 0.236. The van der Waals surface area contributed by atoms with Crippen LogP contribution in [0.15, 0.2) is 48.7 Å². The molecule has 28 heavy (non-hydrogen) atoms. The average Bonchev–Trinajstić information content (AvgIpc) is 3.18. The fourth-order valence-corrected chi connectivity index (χ4v) is 4.02. The zero-order valence-corrected chi connectivity index (χ0v) is 17.4. The Morgan fingerprint density at radius 1 is 1.14 bits per heavy atom. The molecule has 4 heteroatoms. The van der Waals surface area contributed by atoms with E-state index in [9.17, 15) is 4.79 Å². The highest BCUT2D eigenvalue weighted by Crippen LogP contribution is 2.24. The second-order valence-electron chi connectivity index (χ2n) is 8.12. The van der Waals surface area contributed by atoms with Gasteiger partial charge < -0.3 is 14.8 Å². The molecule has 3 rings (SSSR count). The van der Waals surface area contributed by atoms with Gasteiger partial charge in [0.1, 0.15) is 0 Å². The van der Waals surface area contributed by atoms with E-state index >= 15 is 0 Å². The van der Waals surface area contributed by atoms with Crippen LogP contribution in [0.2, 0.25) is 0 Å². The maximum absolute atomic E-state index is 13.1. The lowest BCUT2D eigenvalue weighted by Crippen LogP contribution is -2.46. The molecule has 2 aromatic rings. The lowest BCUT2D eigenvalue weighted by Gasteiger charge is -2.35. The smallest absolute Gasteiger partial charge is 0.237 e. The van der Waals surface area contributed by atoms with Gasteiger partial charge in [-0.1, -0.05) is 56.5 Å². The Hall–Kier alpha value is -2.07. The van der Waals surface area contributed by atoms with Gasteiger partial charge in [0.05, 0.1) is 13.1 Å². The monoisotopic (exact) mass is 381 g/mol. The second kappa shape index (κ2) is 10.5. The Labute approximate surface area is 169 Å². The molecule has 0 aliphatic heterocycles. The van der Waals surface area contributed by atoms with Crippen LogP contribution < -0.4 is 5.32 Å². The van der Waals surface area contributed by atoms with E-state index in [4.69, 9.17) is 0 Å². The highest BCUT2D eigenvalue weighted by Gasteiger charge is 2.26. The van der Waals surface area contributed by atoms with Crippen LogP contribution in [0.4, 0.5) is 0 Å². The number of benzene rings is 1. The molecule has 0 bridgehead atoms. The van der Waals surface area contributed by atoms with Crippen molar-refractivity contribution in [3.63, 3.8) is 0 Å². The number of nitrogens with one attached hydrogen (secondary N) is 1. The van der Waals surface area contributed by atoms with Crippen LogP contribution in [0, 0.1) is 0 Å². The summed E-state index contributed by atoms with van der Waals surface area (Å²) in [7, 11) is 0. The van der Waals surface area contributed by atoms with Gasteiger partial charge in [-0.3, -0.25) is 4.79 Å². The van der Waals surface area contributed by atoms with Crippen LogP contribution in [0.3, 0.4) is 0 Å². The number of hydrogen-bond donors (Lipinski definition) is 1. The molecule has 1 fully saturated rings. The molecule has 1 unspecified atom stereocenters. The molecule has 0 saturated heterocycles. The average molecular weight is 382 g/mol. The summed E-state index contributed by atoms with van der Waals surface area (Å²) in [4.78, 5) is 15.3. The first-order chi connectivity index (χ1) is 13.7. The molecule has 1 saturated carbocycles. The van der Waals surface area contributed by atoms with E-state index in [1.165, 1.54) is 30.5 Å². The number of nitrogens with zero attached hydrogens (tertiary/aromatic N) is 2. The highest BCUT2D eigenvalue weighted by molar-refractivity contribution is 5.78. The highest BCUT2D eigenvalue weighted by atomic mass is 16.2. The van der Waals surface area contributed by atoms with Crippen molar-refractivity contribution in [2.24, 2.45) is 0 Å².